The normalized spacial score (nSPS) is 14.9. The first-order chi connectivity index (χ1) is 14.3. The molecule has 1 heterocycles. The zero-order valence-electron chi connectivity index (χ0n) is 18.2. The molecule has 0 aliphatic carbocycles. The number of carbonyl (C=O) groups is 2. The van der Waals surface area contributed by atoms with Gasteiger partial charge in [-0.25, -0.2) is 4.79 Å². The van der Waals surface area contributed by atoms with Gasteiger partial charge < -0.3 is 19.3 Å². The zero-order chi connectivity index (χ0) is 21.7. The number of nitrogens with zero attached hydrogens (tertiary/aromatic N) is 2. The summed E-state index contributed by atoms with van der Waals surface area (Å²) in [7, 11) is 0. The van der Waals surface area contributed by atoms with E-state index in [2.05, 4.69) is 17.0 Å². The number of ether oxygens (including phenoxy) is 2. The van der Waals surface area contributed by atoms with Crippen molar-refractivity contribution in [2.75, 3.05) is 37.7 Å². The fraction of sp³-hybridized carbons (Fsp3) is 0.417. The summed E-state index contributed by atoms with van der Waals surface area (Å²) in [6, 6.07) is 14.2. The molecule has 1 amide bonds. The molecular weight excluding hydrogens is 380 g/mol. The van der Waals surface area contributed by atoms with Gasteiger partial charge >= 0.3 is 5.97 Å². The summed E-state index contributed by atoms with van der Waals surface area (Å²) in [6.07, 6.45) is -0.829. The standard InChI is InChI=1S/C24H30N2O4/c1-17-14-18(2)23(19(3)15-17)29-16-22(27)30-20(4)24(28)26-12-10-25(11-13-26)21-8-6-5-7-9-21/h5-9,14-15,20H,10-13,16H2,1-4H3/t20-/m0/s1. The van der Waals surface area contributed by atoms with Crippen LogP contribution >= 0.6 is 0 Å². The number of carbonyl (C=O) groups excluding carboxylic acids is 2. The van der Waals surface area contributed by atoms with Gasteiger partial charge in [-0.1, -0.05) is 35.9 Å². The highest BCUT2D eigenvalue weighted by molar-refractivity contribution is 5.84. The lowest BCUT2D eigenvalue weighted by molar-refractivity contribution is -0.160. The Morgan fingerprint density at radius 3 is 2.17 bits per heavy atom. The molecule has 1 aliphatic heterocycles. The largest absolute Gasteiger partial charge is 0.481 e. The summed E-state index contributed by atoms with van der Waals surface area (Å²) < 4.78 is 11.0. The summed E-state index contributed by atoms with van der Waals surface area (Å²) in [5.41, 5.74) is 4.25. The van der Waals surface area contributed by atoms with Crippen molar-refractivity contribution >= 4 is 17.6 Å². The van der Waals surface area contributed by atoms with E-state index >= 15 is 0 Å². The Morgan fingerprint density at radius 2 is 1.57 bits per heavy atom. The molecular formula is C24H30N2O4. The van der Waals surface area contributed by atoms with Crippen LogP contribution in [0.25, 0.3) is 0 Å². The fourth-order valence-corrected chi connectivity index (χ4v) is 3.89. The van der Waals surface area contributed by atoms with Gasteiger partial charge in [-0.05, 0) is 51.0 Å². The molecule has 0 saturated carbocycles. The highest BCUT2D eigenvalue weighted by Gasteiger charge is 2.27. The molecule has 1 fully saturated rings. The third-order valence-electron chi connectivity index (χ3n) is 5.31. The smallest absolute Gasteiger partial charge is 0.344 e. The number of rotatable bonds is 6. The second-order valence-corrected chi connectivity index (χ2v) is 7.80. The van der Waals surface area contributed by atoms with E-state index in [1.54, 1.807) is 11.8 Å². The van der Waals surface area contributed by atoms with Crippen molar-refractivity contribution in [3.8, 4) is 5.75 Å². The SMILES string of the molecule is Cc1cc(C)c(OCC(=O)O[C@@H](C)C(=O)N2CCN(c3ccccc3)CC2)c(C)c1. The second-order valence-electron chi connectivity index (χ2n) is 7.80. The van der Waals surface area contributed by atoms with Crippen molar-refractivity contribution in [2.24, 2.45) is 0 Å². The van der Waals surface area contributed by atoms with Crippen molar-refractivity contribution in [1.82, 2.24) is 4.90 Å². The van der Waals surface area contributed by atoms with Gasteiger partial charge in [-0.15, -0.1) is 0 Å². The van der Waals surface area contributed by atoms with E-state index in [-0.39, 0.29) is 12.5 Å². The van der Waals surface area contributed by atoms with Gasteiger partial charge in [-0.3, -0.25) is 4.79 Å². The van der Waals surface area contributed by atoms with Crippen molar-refractivity contribution in [2.45, 2.75) is 33.8 Å². The van der Waals surface area contributed by atoms with Gasteiger partial charge in [0.15, 0.2) is 12.7 Å². The Labute approximate surface area is 178 Å². The molecule has 0 N–H and O–H groups in total. The Balaban J connectivity index is 1.47. The van der Waals surface area contributed by atoms with Crippen LogP contribution in [0.4, 0.5) is 5.69 Å². The van der Waals surface area contributed by atoms with Crippen molar-refractivity contribution in [3.63, 3.8) is 0 Å². The van der Waals surface area contributed by atoms with Crippen LogP contribution in [-0.2, 0) is 14.3 Å². The molecule has 30 heavy (non-hydrogen) atoms. The number of para-hydroxylation sites is 1. The first-order valence-electron chi connectivity index (χ1n) is 10.3. The van der Waals surface area contributed by atoms with E-state index in [4.69, 9.17) is 9.47 Å². The second kappa shape index (κ2) is 9.65. The van der Waals surface area contributed by atoms with E-state index in [1.807, 2.05) is 51.1 Å². The molecule has 0 spiro atoms. The Morgan fingerprint density at radius 1 is 0.967 bits per heavy atom. The lowest BCUT2D eigenvalue weighted by atomic mass is 10.1. The number of amides is 1. The maximum atomic E-state index is 12.7. The van der Waals surface area contributed by atoms with E-state index in [0.29, 0.717) is 18.8 Å². The first-order valence-corrected chi connectivity index (χ1v) is 10.3. The van der Waals surface area contributed by atoms with E-state index < -0.39 is 12.1 Å². The molecule has 1 aliphatic rings. The summed E-state index contributed by atoms with van der Waals surface area (Å²) >= 11 is 0. The van der Waals surface area contributed by atoms with Gasteiger partial charge in [0, 0.05) is 31.9 Å². The Kier molecular flexibility index (Phi) is 6.98. The highest BCUT2D eigenvalue weighted by atomic mass is 16.6. The summed E-state index contributed by atoms with van der Waals surface area (Å²) in [6.45, 7) is 10.0. The summed E-state index contributed by atoms with van der Waals surface area (Å²) in [4.78, 5) is 28.9. The van der Waals surface area contributed by atoms with Crippen LogP contribution in [0, 0.1) is 20.8 Å². The maximum Gasteiger partial charge on any atom is 0.344 e. The van der Waals surface area contributed by atoms with Crippen LogP contribution in [0.1, 0.15) is 23.6 Å². The number of benzene rings is 2. The van der Waals surface area contributed by atoms with E-state index in [1.165, 1.54) is 0 Å². The van der Waals surface area contributed by atoms with E-state index in [0.717, 1.165) is 35.5 Å². The molecule has 1 saturated heterocycles. The van der Waals surface area contributed by atoms with Crippen molar-refractivity contribution < 1.29 is 19.1 Å². The lowest BCUT2D eigenvalue weighted by Crippen LogP contribution is -2.51. The average Bonchev–Trinajstić information content (AvgIpc) is 2.73. The van der Waals surface area contributed by atoms with Gasteiger partial charge in [0.05, 0.1) is 0 Å². The van der Waals surface area contributed by atoms with Crippen LogP contribution < -0.4 is 9.64 Å². The molecule has 0 unspecified atom stereocenters. The van der Waals surface area contributed by atoms with Gasteiger partial charge in [0.25, 0.3) is 5.91 Å². The number of hydrogen-bond donors (Lipinski definition) is 0. The van der Waals surface area contributed by atoms with E-state index in [9.17, 15) is 9.59 Å². The van der Waals surface area contributed by atoms with Crippen molar-refractivity contribution in [1.29, 1.82) is 0 Å². The molecule has 6 heteroatoms. The van der Waals surface area contributed by atoms with Gasteiger partial charge in [0.1, 0.15) is 5.75 Å². The molecule has 0 bridgehead atoms. The molecule has 2 aromatic carbocycles. The van der Waals surface area contributed by atoms with Crippen LogP contribution in [0.2, 0.25) is 0 Å². The third kappa shape index (κ3) is 5.32. The maximum absolute atomic E-state index is 12.7. The minimum atomic E-state index is -0.829. The Hall–Kier alpha value is -3.02. The van der Waals surface area contributed by atoms with Crippen LogP contribution in [0.15, 0.2) is 42.5 Å². The van der Waals surface area contributed by atoms with Crippen molar-refractivity contribution in [3.05, 3.63) is 59.2 Å². The number of aryl methyl sites for hydroxylation is 3. The summed E-state index contributed by atoms with van der Waals surface area (Å²) in [5, 5.41) is 0. The number of esters is 1. The molecule has 0 aromatic heterocycles. The molecule has 3 rings (SSSR count). The fourth-order valence-electron chi connectivity index (χ4n) is 3.89. The first kappa shape index (κ1) is 21.7. The number of piperazine rings is 1. The predicted molar refractivity (Wildman–Crippen MR) is 117 cm³/mol. The average molecular weight is 411 g/mol. The number of hydrogen-bond acceptors (Lipinski definition) is 5. The summed E-state index contributed by atoms with van der Waals surface area (Å²) in [5.74, 6) is -0.0227. The Bertz CT molecular complexity index is 866. The van der Waals surface area contributed by atoms with Gasteiger partial charge in [0.2, 0.25) is 0 Å². The molecule has 6 nitrogen and oxygen atoms in total. The minimum Gasteiger partial charge on any atom is -0.481 e. The quantitative estimate of drug-likeness (QED) is 0.684. The van der Waals surface area contributed by atoms with Crippen LogP contribution in [0.3, 0.4) is 0 Å². The number of anilines is 1. The van der Waals surface area contributed by atoms with Crippen LogP contribution in [0.5, 0.6) is 5.75 Å². The molecule has 0 radical (unpaired) electrons. The monoisotopic (exact) mass is 410 g/mol. The van der Waals surface area contributed by atoms with Crippen LogP contribution in [-0.4, -0.2) is 55.7 Å². The lowest BCUT2D eigenvalue weighted by Gasteiger charge is -2.37. The zero-order valence-corrected chi connectivity index (χ0v) is 18.2. The molecule has 1 atom stereocenters. The third-order valence-corrected chi connectivity index (χ3v) is 5.31. The topological polar surface area (TPSA) is 59.1 Å². The highest BCUT2D eigenvalue weighted by Crippen LogP contribution is 2.24. The predicted octanol–water partition coefficient (Wildman–Crippen LogP) is 3.27. The van der Waals surface area contributed by atoms with Gasteiger partial charge in [-0.2, -0.15) is 0 Å². The minimum absolute atomic E-state index is 0.168. The molecule has 160 valence electrons. The molecule has 2 aromatic rings.